The number of likely N-dealkylation sites (N-methyl/N-ethyl adjacent to an activating group) is 3. The van der Waals surface area contributed by atoms with E-state index < -0.39 is 66.5 Å². The van der Waals surface area contributed by atoms with Crippen molar-refractivity contribution < 1.29 is 39.2 Å². The summed E-state index contributed by atoms with van der Waals surface area (Å²) >= 11 is 0. The molecule has 38 heavy (non-hydrogen) atoms. The fraction of sp³-hybridized carbons (Fsp3) is 0.852. The summed E-state index contributed by atoms with van der Waals surface area (Å²) in [5.41, 5.74) is -2.31. The SMILES string of the molecule is CC[C@H](C)[C@H](NC)C(=O)N(C)[C@@H](C(=O)CC(CC(C)O)(OC(=O)[C@@H](C)NC)C(=O)O)[C@H](C)CCCC(C)O. The van der Waals surface area contributed by atoms with Crippen LogP contribution >= 0.6 is 0 Å². The minimum atomic E-state index is -2.31. The topological polar surface area (TPSA) is 165 Å². The third-order valence-electron chi connectivity index (χ3n) is 7.26. The minimum Gasteiger partial charge on any atom is -0.478 e. The van der Waals surface area contributed by atoms with E-state index in [0.717, 1.165) is 6.42 Å². The third kappa shape index (κ3) is 10.6. The first-order valence-electron chi connectivity index (χ1n) is 13.5. The maximum atomic E-state index is 13.9. The predicted octanol–water partition coefficient (Wildman–Crippen LogP) is 1.34. The molecule has 0 aliphatic carbocycles. The van der Waals surface area contributed by atoms with Crippen molar-refractivity contribution in [1.29, 1.82) is 0 Å². The van der Waals surface area contributed by atoms with Crippen LogP contribution in [0.2, 0.25) is 0 Å². The second-order valence-corrected chi connectivity index (χ2v) is 10.7. The van der Waals surface area contributed by atoms with Crippen LogP contribution in [-0.4, -0.2) is 101 Å². The first-order chi connectivity index (χ1) is 17.6. The van der Waals surface area contributed by atoms with Crippen molar-refractivity contribution in [3.05, 3.63) is 0 Å². The Hall–Kier alpha value is -2.08. The van der Waals surface area contributed by atoms with Crippen LogP contribution in [0.25, 0.3) is 0 Å². The molecule has 0 aromatic carbocycles. The number of nitrogens with one attached hydrogen (secondary N) is 2. The highest BCUT2D eigenvalue weighted by atomic mass is 16.6. The summed E-state index contributed by atoms with van der Waals surface area (Å²) in [6.45, 7) is 10.2. The van der Waals surface area contributed by atoms with Crippen molar-refractivity contribution in [2.24, 2.45) is 11.8 Å². The van der Waals surface area contributed by atoms with Gasteiger partial charge in [-0.3, -0.25) is 14.4 Å². The third-order valence-corrected chi connectivity index (χ3v) is 7.26. The van der Waals surface area contributed by atoms with Crippen LogP contribution in [0.4, 0.5) is 0 Å². The van der Waals surface area contributed by atoms with Gasteiger partial charge in [0.2, 0.25) is 11.5 Å². The lowest BCUT2D eigenvalue weighted by Crippen LogP contribution is -2.57. The van der Waals surface area contributed by atoms with Gasteiger partial charge in [0.15, 0.2) is 5.78 Å². The molecular formula is C27H51N3O8. The number of aliphatic carboxylic acids is 1. The van der Waals surface area contributed by atoms with Crippen molar-refractivity contribution in [3.63, 3.8) is 0 Å². The molecule has 0 spiro atoms. The van der Waals surface area contributed by atoms with Crippen LogP contribution in [0.3, 0.4) is 0 Å². The average Bonchev–Trinajstić information content (AvgIpc) is 2.82. The molecule has 0 aliphatic heterocycles. The lowest BCUT2D eigenvalue weighted by molar-refractivity contribution is -0.185. The highest BCUT2D eigenvalue weighted by Gasteiger charge is 2.49. The first kappa shape index (κ1) is 35.9. The van der Waals surface area contributed by atoms with Crippen LogP contribution in [0.1, 0.15) is 80.1 Å². The molecule has 11 heteroatoms. The number of esters is 1. The summed E-state index contributed by atoms with van der Waals surface area (Å²) in [5, 5.41) is 35.6. The molecule has 0 saturated heterocycles. The van der Waals surface area contributed by atoms with Crippen LogP contribution < -0.4 is 10.6 Å². The van der Waals surface area contributed by atoms with Gasteiger partial charge in [0.1, 0.15) is 6.04 Å². The number of hydrogen-bond acceptors (Lipinski definition) is 9. The molecule has 0 bridgehead atoms. The van der Waals surface area contributed by atoms with Gasteiger partial charge in [-0.25, -0.2) is 4.79 Å². The molecule has 5 N–H and O–H groups in total. The summed E-state index contributed by atoms with van der Waals surface area (Å²) in [7, 11) is 4.70. The van der Waals surface area contributed by atoms with Crippen molar-refractivity contribution in [2.45, 2.75) is 116 Å². The molecule has 3 unspecified atom stereocenters. The van der Waals surface area contributed by atoms with Gasteiger partial charge in [0.05, 0.1) is 30.7 Å². The average molecular weight is 546 g/mol. The lowest BCUT2D eigenvalue weighted by Gasteiger charge is -2.38. The molecule has 11 nitrogen and oxygen atoms in total. The Morgan fingerprint density at radius 3 is 1.92 bits per heavy atom. The Bertz CT molecular complexity index is 775. The molecule has 1 amide bonds. The molecule has 0 saturated carbocycles. The number of nitrogens with zero attached hydrogens (tertiary/aromatic N) is 1. The van der Waals surface area contributed by atoms with E-state index >= 15 is 0 Å². The number of ketones is 1. The maximum Gasteiger partial charge on any atom is 0.348 e. The molecule has 0 aromatic heterocycles. The zero-order chi connectivity index (χ0) is 29.8. The van der Waals surface area contributed by atoms with Gasteiger partial charge in [-0.1, -0.05) is 33.6 Å². The number of aliphatic hydroxyl groups excluding tert-OH is 2. The van der Waals surface area contributed by atoms with E-state index in [9.17, 15) is 34.5 Å². The maximum absolute atomic E-state index is 13.9. The number of carboxylic acids is 1. The molecule has 0 aromatic rings. The van der Waals surface area contributed by atoms with Gasteiger partial charge in [-0.05, 0) is 59.5 Å². The smallest absolute Gasteiger partial charge is 0.348 e. The molecule has 0 rings (SSSR count). The second-order valence-electron chi connectivity index (χ2n) is 10.7. The van der Waals surface area contributed by atoms with Gasteiger partial charge >= 0.3 is 11.9 Å². The molecule has 0 heterocycles. The highest BCUT2D eigenvalue weighted by molar-refractivity contribution is 5.95. The number of ether oxygens (including phenoxy) is 1. The van der Waals surface area contributed by atoms with Gasteiger partial charge in [-0.15, -0.1) is 0 Å². The molecule has 222 valence electrons. The number of aliphatic hydroxyl groups is 2. The normalized spacial score (nSPS) is 18.7. The monoisotopic (exact) mass is 545 g/mol. The fourth-order valence-corrected chi connectivity index (χ4v) is 4.67. The zero-order valence-electron chi connectivity index (χ0n) is 24.6. The first-order valence-corrected chi connectivity index (χ1v) is 13.5. The van der Waals surface area contributed by atoms with Crippen molar-refractivity contribution in [2.75, 3.05) is 21.1 Å². The van der Waals surface area contributed by atoms with Crippen molar-refractivity contribution >= 4 is 23.6 Å². The van der Waals surface area contributed by atoms with Gasteiger partial charge in [0.25, 0.3) is 0 Å². The Morgan fingerprint density at radius 1 is 0.921 bits per heavy atom. The van der Waals surface area contributed by atoms with E-state index in [2.05, 4.69) is 10.6 Å². The van der Waals surface area contributed by atoms with Crippen LogP contribution in [-0.2, 0) is 23.9 Å². The van der Waals surface area contributed by atoms with E-state index in [-0.39, 0.29) is 17.7 Å². The summed E-state index contributed by atoms with van der Waals surface area (Å²) in [6.07, 6.45) is -0.586. The van der Waals surface area contributed by atoms with E-state index in [1.165, 1.54) is 32.8 Å². The summed E-state index contributed by atoms with van der Waals surface area (Å²) in [6, 6.07) is -2.41. The Kier molecular flexibility index (Phi) is 15.9. The van der Waals surface area contributed by atoms with Gasteiger partial charge in [-0.2, -0.15) is 0 Å². The number of rotatable bonds is 19. The quantitative estimate of drug-likeness (QED) is 0.150. The van der Waals surface area contributed by atoms with Crippen molar-refractivity contribution in [3.8, 4) is 0 Å². The molecular weight excluding hydrogens is 494 g/mol. The fourth-order valence-electron chi connectivity index (χ4n) is 4.67. The van der Waals surface area contributed by atoms with Crippen LogP contribution in [0, 0.1) is 11.8 Å². The van der Waals surface area contributed by atoms with E-state index in [0.29, 0.717) is 19.3 Å². The van der Waals surface area contributed by atoms with Gasteiger partial charge in [0, 0.05) is 13.5 Å². The van der Waals surface area contributed by atoms with E-state index in [1.54, 1.807) is 20.9 Å². The number of carbonyl (C=O) groups is 4. The largest absolute Gasteiger partial charge is 0.478 e. The molecule has 0 aliphatic rings. The van der Waals surface area contributed by atoms with Gasteiger partial charge < -0.3 is 35.6 Å². The van der Waals surface area contributed by atoms with E-state index in [1.807, 2.05) is 13.8 Å². The Labute approximate surface area is 227 Å². The Morgan fingerprint density at radius 2 is 1.50 bits per heavy atom. The molecule has 0 fully saturated rings. The summed E-state index contributed by atoms with van der Waals surface area (Å²) < 4.78 is 5.41. The molecule has 8 atom stereocenters. The van der Waals surface area contributed by atoms with Crippen LogP contribution in [0.15, 0.2) is 0 Å². The lowest BCUT2D eigenvalue weighted by atomic mass is 9.83. The van der Waals surface area contributed by atoms with Crippen molar-refractivity contribution in [1.82, 2.24) is 15.5 Å². The standard InChI is InChI=1S/C27H51N3O8/c1-10-16(2)22(29-8)24(34)30(9)23(17(3)12-11-13-18(4)31)21(33)15-27(26(36)37,14-19(5)32)38-25(35)20(6)28-7/h16-20,22-23,28-29,31-32H,10-15H2,1-9H3,(H,36,37)/t16-,17+,18?,19?,20+,22-,23+,27?/m0/s1. The number of Topliss-reactive ketones (excluding diaryl/α,β-unsaturated/α-hetero) is 1. The predicted molar refractivity (Wildman–Crippen MR) is 144 cm³/mol. The van der Waals surface area contributed by atoms with Crippen LogP contribution in [0.5, 0.6) is 0 Å². The summed E-state index contributed by atoms with van der Waals surface area (Å²) in [4.78, 5) is 53.8. The zero-order valence-corrected chi connectivity index (χ0v) is 24.6. The van der Waals surface area contributed by atoms with E-state index in [4.69, 9.17) is 4.74 Å². The highest BCUT2D eigenvalue weighted by Crippen LogP contribution is 2.29. The number of hydrogen-bond donors (Lipinski definition) is 5. The number of carboxylic acid groups (broad SMARTS) is 1. The molecule has 0 radical (unpaired) electrons. The minimum absolute atomic E-state index is 0.0198. The number of amides is 1. The number of carbonyl (C=O) groups excluding carboxylic acids is 3. The Balaban J connectivity index is 6.45. The summed E-state index contributed by atoms with van der Waals surface area (Å²) in [5.74, 6) is -3.72. The second kappa shape index (κ2) is 16.8.